The molecule has 0 N–H and O–H groups in total. The lowest BCUT2D eigenvalue weighted by Gasteiger charge is -2.34. The number of nitrogens with zero attached hydrogens (tertiary/aromatic N) is 2. The molecule has 0 atom stereocenters. The standard InChI is InChI=1S/C28H34N2O2/c31-26(23-6-2-1-3-7-23)20-22-12-10-21(11-13-22)14-17-30-18-15-24(16-19-30)28-25-8-4-5-9-27(25)32-29-28/h1-9,21-22,24H,10-20H2. The third-order valence-corrected chi connectivity index (χ3v) is 7.77. The van der Waals surface area contributed by atoms with Gasteiger partial charge >= 0.3 is 0 Å². The summed E-state index contributed by atoms with van der Waals surface area (Å²) in [5.74, 6) is 2.24. The number of para-hydroxylation sites is 1. The number of carbonyl (C=O) groups excluding carboxylic acids is 1. The molecule has 3 aromatic rings. The zero-order valence-corrected chi connectivity index (χ0v) is 18.9. The minimum absolute atomic E-state index is 0.316. The van der Waals surface area contributed by atoms with E-state index in [-0.39, 0.29) is 0 Å². The summed E-state index contributed by atoms with van der Waals surface area (Å²) in [6.07, 6.45) is 9.37. The molecule has 0 unspecified atom stereocenters. The summed E-state index contributed by atoms with van der Waals surface area (Å²) in [6.45, 7) is 3.53. The second-order valence-corrected chi connectivity index (χ2v) is 9.85. The first-order valence-corrected chi connectivity index (χ1v) is 12.4. The quantitative estimate of drug-likeness (QED) is 0.403. The van der Waals surface area contributed by atoms with Crippen LogP contribution in [-0.2, 0) is 0 Å². The summed E-state index contributed by atoms with van der Waals surface area (Å²) in [5.41, 5.74) is 2.94. The van der Waals surface area contributed by atoms with Gasteiger partial charge in [-0.15, -0.1) is 0 Å². The van der Waals surface area contributed by atoms with Crippen LogP contribution in [0.1, 0.15) is 73.3 Å². The number of hydrogen-bond acceptors (Lipinski definition) is 4. The van der Waals surface area contributed by atoms with Crippen molar-refractivity contribution in [3.63, 3.8) is 0 Å². The van der Waals surface area contributed by atoms with Crippen LogP contribution < -0.4 is 0 Å². The van der Waals surface area contributed by atoms with E-state index in [2.05, 4.69) is 22.2 Å². The van der Waals surface area contributed by atoms with Crippen molar-refractivity contribution in [2.75, 3.05) is 19.6 Å². The van der Waals surface area contributed by atoms with Gasteiger partial charge < -0.3 is 9.42 Å². The first-order chi connectivity index (χ1) is 15.8. The maximum absolute atomic E-state index is 12.5. The molecular formula is C28H34N2O2. The Morgan fingerprint density at radius 3 is 2.34 bits per heavy atom. The van der Waals surface area contributed by atoms with E-state index in [1.54, 1.807) is 0 Å². The SMILES string of the molecule is O=C(CC1CCC(CCN2CCC(c3noc4ccccc34)CC2)CC1)c1ccccc1. The van der Waals surface area contributed by atoms with Crippen LogP contribution in [0.25, 0.3) is 11.0 Å². The Labute approximate surface area is 191 Å². The molecule has 2 aromatic carbocycles. The Balaban J connectivity index is 1.03. The van der Waals surface area contributed by atoms with Gasteiger partial charge in [0.25, 0.3) is 0 Å². The van der Waals surface area contributed by atoms with Gasteiger partial charge in [0, 0.05) is 23.3 Å². The van der Waals surface area contributed by atoms with Gasteiger partial charge in [-0.3, -0.25) is 4.79 Å². The highest BCUT2D eigenvalue weighted by Gasteiger charge is 2.27. The van der Waals surface area contributed by atoms with Gasteiger partial charge in [0.15, 0.2) is 11.4 Å². The molecule has 0 amide bonds. The first-order valence-electron chi connectivity index (χ1n) is 12.4. The fourth-order valence-electron chi connectivity index (χ4n) is 5.72. The zero-order chi connectivity index (χ0) is 21.8. The number of piperidine rings is 1. The van der Waals surface area contributed by atoms with Gasteiger partial charge in [-0.25, -0.2) is 0 Å². The lowest BCUT2D eigenvalue weighted by molar-refractivity contribution is 0.0939. The second-order valence-electron chi connectivity index (χ2n) is 9.85. The van der Waals surface area contributed by atoms with E-state index in [9.17, 15) is 4.79 Å². The van der Waals surface area contributed by atoms with Crippen molar-refractivity contribution >= 4 is 16.8 Å². The third kappa shape index (κ3) is 4.96. The number of ketones is 1. The minimum Gasteiger partial charge on any atom is -0.356 e. The Morgan fingerprint density at radius 1 is 0.875 bits per heavy atom. The lowest BCUT2D eigenvalue weighted by Crippen LogP contribution is -2.35. The van der Waals surface area contributed by atoms with Crippen LogP contribution in [0.15, 0.2) is 59.1 Å². The summed E-state index contributed by atoms with van der Waals surface area (Å²) in [7, 11) is 0. The van der Waals surface area contributed by atoms with E-state index in [0.29, 0.717) is 17.6 Å². The van der Waals surface area contributed by atoms with Crippen LogP contribution in [0.5, 0.6) is 0 Å². The predicted molar refractivity (Wildman–Crippen MR) is 128 cm³/mol. The molecule has 0 bridgehead atoms. The van der Waals surface area contributed by atoms with E-state index in [1.807, 2.05) is 42.5 Å². The molecular weight excluding hydrogens is 396 g/mol. The number of aromatic nitrogens is 1. The molecule has 4 nitrogen and oxygen atoms in total. The average Bonchev–Trinajstić information content (AvgIpc) is 3.29. The van der Waals surface area contributed by atoms with Crippen molar-refractivity contribution in [3.05, 3.63) is 65.9 Å². The van der Waals surface area contributed by atoms with Crippen LogP contribution in [0.3, 0.4) is 0 Å². The third-order valence-electron chi connectivity index (χ3n) is 7.77. The van der Waals surface area contributed by atoms with Gasteiger partial charge in [0.1, 0.15) is 0 Å². The van der Waals surface area contributed by atoms with E-state index in [1.165, 1.54) is 56.9 Å². The molecule has 1 saturated carbocycles. The molecule has 0 radical (unpaired) electrons. The molecule has 168 valence electrons. The number of Topliss-reactive ketones (excluding diaryl/α,β-unsaturated/α-hetero) is 1. The number of benzene rings is 2. The molecule has 2 aliphatic rings. The summed E-state index contributed by atoms with van der Waals surface area (Å²) in [6, 6.07) is 18.0. The molecule has 2 heterocycles. The predicted octanol–water partition coefficient (Wildman–Crippen LogP) is 6.48. The van der Waals surface area contributed by atoms with Crippen LogP contribution in [-0.4, -0.2) is 35.5 Å². The Kier molecular flexibility index (Phi) is 6.68. The topological polar surface area (TPSA) is 46.3 Å². The van der Waals surface area contributed by atoms with Crippen LogP contribution >= 0.6 is 0 Å². The Morgan fingerprint density at radius 2 is 1.56 bits per heavy atom. The molecule has 1 aliphatic heterocycles. The summed E-state index contributed by atoms with van der Waals surface area (Å²) in [5, 5.41) is 5.58. The zero-order valence-electron chi connectivity index (χ0n) is 18.9. The van der Waals surface area contributed by atoms with Gasteiger partial charge in [-0.1, -0.05) is 60.5 Å². The van der Waals surface area contributed by atoms with Crippen molar-refractivity contribution in [2.24, 2.45) is 11.8 Å². The molecule has 1 aliphatic carbocycles. The summed E-state index contributed by atoms with van der Waals surface area (Å²) >= 11 is 0. The summed E-state index contributed by atoms with van der Waals surface area (Å²) in [4.78, 5) is 15.1. The van der Waals surface area contributed by atoms with Gasteiger partial charge in [0.2, 0.25) is 0 Å². The highest BCUT2D eigenvalue weighted by molar-refractivity contribution is 5.96. The monoisotopic (exact) mass is 430 g/mol. The van der Waals surface area contributed by atoms with Gasteiger partial charge in [0.05, 0.1) is 5.69 Å². The van der Waals surface area contributed by atoms with Gasteiger partial charge in [-0.2, -0.15) is 0 Å². The van der Waals surface area contributed by atoms with E-state index < -0.39 is 0 Å². The second kappa shape index (κ2) is 9.99. The molecule has 5 rings (SSSR count). The molecule has 1 aromatic heterocycles. The summed E-state index contributed by atoms with van der Waals surface area (Å²) < 4.78 is 5.53. The number of hydrogen-bond donors (Lipinski definition) is 0. The van der Waals surface area contributed by atoms with Crippen molar-refractivity contribution in [3.8, 4) is 0 Å². The number of fused-ring (bicyclic) bond motifs is 1. The first kappa shape index (κ1) is 21.4. The number of carbonyl (C=O) groups is 1. The van der Waals surface area contributed by atoms with Crippen molar-refractivity contribution in [1.82, 2.24) is 10.1 Å². The van der Waals surface area contributed by atoms with Crippen molar-refractivity contribution in [1.29, 1.82) is 0 Å². The maximum atomic E-state index is 12.5. The highest BCUT2D eigenvalue weighted by atomic mass is 16.5. The van der Waals surface area contributed by atoms with E-state index >= 15 is 0 Å². The normalized spacial score (nSPS) is 22.9. The minimum atomic E-state index is 0.316. The number of rotatable bonds is 7. The van der Waals surface area contributed by atoms with Crippen molar-refractivity contribution in [2.45, 2.75) is 57.3 Å². The lowest BCUT2D eigenvalue weighted by atomic mass is 9.78. The van der Waals surface area contributed by atoms with Crippen LogP contribution in [0.2, 0.25) is 0 Å². The van der Waals surface area contributed by atoms with Crippen molar-refractivity contribution < 1.29 is 9.32 Å². The number of likely N-dealkylation sites (tertiary alicyclic amines) is 1. The largest absolute Gasteiger partial charge is 0.356 e. The van der Waals surface area contributed by atoms with Gasteiger partial charge in [-0.05, 0) is 75.7 Å². The Hall–Kier alpha value is -2.46. The van der Waals surface area contributed by atoms with Crippen LogP contribution in [0, 0.1) is 11.8 Å². The van der Waals surface area contributed by atoms with E-state index in [4.69, 9.17) is 4.52 Å². The average molecular weight is 431 g/mol. The maximum Gasteiger partial charge on any atom is 0.167 e. The molecule has 2 fully saturated rings. The smallest absolute Gasteiger partial charge is 0.167 e. The van der Waals surface area contributed by atoms with Crippen LogP contribution in [0.4, 0.5) is 0 Å². The molecule has 32 heavy (non-hydrogen) atoms. The fourth-order valence-corrected chi connectivity index (χ4v) is 5.72. The Bertz CT molecular complexity index is 1010. The molecule has 1 saturated heterocycles. The van der Waals surface area contributed by atoms with E-state index in [0.717, 1.165) is 42.3 Å². The highest BCUT2D eigenvalue weighted by Crippen LogP contribution is 2.35. The molecule has 0 spiro atoms. The molecule has 4 heteroatoms. The fraction of sp³-hybridized carbons (Fsp3) is 0.500.